The van der Waals surface area contributed by atoms with Gasteiger partial charge in [-0.3, -0.25) is 4.57 Å². The van der Waals surface area contributed by atoms with Crippen LogP contribution in [0.15, 0.2) is 178 Å². The molecule has 6 aromatic rings. The average Bonchev–Trinajstić information content (AvgIpc) is 3.65. The Labute approximate surface area is 390 Å². The maximum atomic E-state index is 5.32. The van der Waals surface area contributed by atoms with Gasteiger partial charge < -0.3 is 0 Å². The summed E-state index contributed by atoms with van der Waals surface area (Å²) in [5, 5.41) is 2.05. The van der Waals surface area contributed by atoms with Crippen LogP contribution >= 0.6 is 0 Å². The van der Waals surface area contributed by atoms with Crippen molar-refractivity contribution in [3.63, 3.8) is 0 Å². The maximum absolute atomic E-state index is 5.32. The predicted molar refractivity (Wildman–Crippen MR) is 281 cm³/mol. The molecule has 0 fully saturated rings. The molecule has 0 unspecified atom stereocenters. The lowest BCUT2D eigenvalue weighted by atomic mass is 9.79. The van der Waals surface area contributed by atoms with Crippen molar-refractivity contribution in [2.75, 3.05) is 0 Å². The summed E-state index contributed by atoms with van der Waals surface area (Å²) in [6, 6.07) is 30.6. The van der Waals surface area contributed by atoms with E-state index in [1.807, 2.05) is 36.5 Å². The highest BCUT2D eigenvalue weighted by atomic mass is 15.2. The number of rotatable bonds is 22. The lowest BCUT2D eigenvalue weighted by Crippen LogP contribution is -2.17. The van der Waals surface area contributed by atoms with Gasteiger partial charge in [-0.05, 0) is 102 Å². The molecular formula is C61H70N4. The van der Waals surface area contributed by atoms with Crippen molar-refractivity contribution in [2.24, 2.45) is 0 Å². The summed E-state index contributed by atoms with van der Waals surface area (Å²) in [7, 11) is 0. The van der Waals surface area contributed by atoms with E-state index in [-0.39, 0.29) is 10.8 Å². The number of hydrogen-bond acceptors (Lipinski definition) is 3. The largest absolute Gasteiger partial charge is 0.278 e. The molecule has 0 N–H and O–H groups in total. The van der Waals surface area contributed by atoms with Crippen molar-refractivity contribution in [2.45, 2.75) is 121 Å². The quantitative estimate of drug-likeness (QED) is 0.0388. The Morgan fingerprint density at radius 2 is 0.954 bits per heavy atom. The number of nitrogens with zero attached hydrogens (tertiary/aromatic N) is 4. The van der Waals surface area contributed by atoms with Gasteiger partial charge in [0.2, 0.25) is 5.95 Å². The molecule has 65 heavy (non-hydrogen) atoms. The standard InChI is InChI=1S/C61H70N4/c1-14-21-22-23-25-40-58(10,11)47-32-28-45(29-33-47)55-62-56(46-30-34-48(35-31-46)59(12,13)41-26-24-27-44(8)9)64-57(63-55)65-53-38-36-49(60(15-2,16-3)17-4)42-51(53)52-43-50(37-39-54(52)65)61(18-5,19-6)20-7/h15-20,24,28-39,42-43H,2-7,14,21-23,25-26,40-41H2,1,8-13H3. The Kier molecular flexibility index (Phi) is 15.0. The molecule has 0 aliphatic carbocycles. The Morgan fingerprint density at radius 1 is 0.538 bits per heavy atom. The summed E-state index contributed by atoms with van der Waals surface area (Å²) in [6.07, 6.45) is 22.9. The maximum Gasteiger partial charge on any atom is 0.238 e. The highest BCUT2D eigenvalue weighted by Gasteiger charge is 2.28. The Balaban J connectivity index is 1.56. The lowest BCUT2D eigenvalue weighted by molar-refractivity contribution is 0.444. The summed E-state index contributed by atoms with van der Waals surface area (Å²) in [6.45, 7) is 40.8. The van der Waals surface area contributed by atoms with E-state index < -0.39 is 10.8 Å². The predicted octanol–water partition coefficient (Wildman–Crippen LogP) is 16.7. The van der Waals surface area contributed by atoms with Crippen LogP contribution in [0.2, 0.25) is 0 Å². The minimum Gasteiger partial charge on any atom is -0.278 e. The van der Waals surface area contributed by atoms with Gasteiger partial charge in [-0.1, -0.05) is 164 Å². The Bertz CT molecular complexity index is 2640. The second-order valence-corrected chi connectivity index (χ2v) is 19.1. The molecule has 0 radical (unpaired) electrons. The third-order valence-corrected chi connectivity index (χ3v) is 13.7. The molecule has 4 heteroatoms. The Morgan fingerprint density at radius 3 is 1.37 bits per heavy atom. The summed E-state index contributed by atoms with van der Waals surface area (Å²) in [5.41, 5.74) is 11.7. The molecule has 6 rings (SSSR count). The third-order valence-electron chi connectivity index (χ3n) is 13.7. The topological polar surface area (TPSA) is 43.6 Å². The summed E-state index contributed by atoms with van der Waals surface area (Å²) >= 11 is 0. The molecule has 0 atom stereocenters. The van der Waals surface area contributed by atoms with Crippen molar-refractivity contribution in [1.82, 2.24) is 19.5 Å². The van der Waals surface area contributed by atoms with E-state index >= 15 is 0 Å². The van der Waals surface area contributed by atoms with Gasteiger partial charge in [0, 0.05) is 32.7 Å². The van der Waals surface area contributed by atoms with Crippen LogP contribution in [0.1, 0.15) is 122 Å². The minimum absolute atomic E-state index is 0.0275. The van der Waals surface area contributed by atoms with Crippen LogP contribution in [0.3, 0.4) is 0 Å². The SMILES string of the molecule is C=CC(C=C)(C=C)c1ccc2c(c1)c1cc(C(C=C)(C=C)C=C)ccc1n2-c1nc(-c2ccc(C(C)(C)CCC=C=C(C)C)cc2)nc(-c2ccc(C(C)(C)CCCCCCC)cc2)n1. The van der Waals surface area contributed by atoms with E-state index in [4.69, 9.17) is 15.0 Å². The van der Waals surface area contributed by atoms with Gasteiger partial charge >= 0.3 is 0 Å². The number of unbranched alkanes of at least 4 members (excludes halogenated alkanes) is 4. The third kappa shape index (κ3) is 10.00. The molecule has 0 saturated carbocycles. The van der Waals surface area contributed by atoms with Crippen LogP contribution < -0.4 is 0 Å². The van der Waals surface area contributed by atoms with Crippen LogP contribution in [-0.2, 0) is 21.7 Å². The van der Waals surface area contributed by atoms with E-state index in [1.165, 1.54) is 48.8 Å². The number of aromatic nitrogens is 4. The molecule has 2 aromatic heterocycles. The van der Waals surface area contributed by atoms with Crippen LogP contribution in [0.4, 0.5) is 0 Å². The van der Waals surface area contributed by atoms with Crippen molar-refractivity contribution >= 4 is 21.8 Å². The fourth-order valence-electron chi connectivity index (χ4n) is 9.02. The van der Waals surface area contributed by atoms with E-state index in [9.17, 15) is 0 Å². The molecule has 0 spiro atoms. The van der Waals surface area contributed by atoms with Gasteiger partial charge in [0.15, 0.2) is 11.6 Å². The molecule has 0 saturated heterocycles. The zero-order valence-electron chi connectivity index (χ0n) is 40.3. The Hall–Kier alpha value is -6.35. The zero-order chi connectivity index (χ0) is 47.0. The summed E-state index contributed by atoms with van der Waals surface area (Å²) < 4.78 is 2.16. The number of allylic oxidation sites excluding steroid dienone is 7. The van der Waals surface area contributed by atoms with Crippen molar-refractivity contribution < 1.29 is 0 Å². The monoisotopic (exact) mass is 859 g/mol. The van der Waals surface area contributed by atoms with Gasteiger partial charge in [-0.15, -0.1) is 45.2 Å². The first kappa shape index (κ1) is 48.1. The molecule has 0 aliphatic rings. The molecule has 0 aliphatic heterocycles. The lowest BCUT2D eigenvalue weighted by Gasteiger charge is -2.25. The van der Waals surface area contributed by atoms with Gasteiger partial charge in [-0.2, -0.15) is 9.97 Å². The van der Waals surface area contributed by atoms with Gasteiger partial charge in [0.1, 0.15) is 0 Å². The molecule has 334 valence electrons. The fraction of sp³-hybridized carbons (Fsp3) is 0.311. The number of benzene rings is 4. The highest BCUT2D eigenvalue weighted by Crippen LogP contribution is 2.40. The van der Waals surface area contributed by atoms with Crippen molar-refractivity contribution in [3.8, 4) is 28.7 Å². The van der Waals surface area contributed by atoms with Gasteiger partial charge in [0.05, 0.1) is 11.0 Å². The first-order chi connectivity index (χ1) is 31.1. The summed E-state index contributed by atoms with van der Waals surface area (Å²) in [4.78, 5) is 15.9. The van der Waals surface area contributed by atoms with Crippen molar-refractivity contribution in [3.05, 3.63) is 200 Å². The summed E-state index contributed by atoms with van der Waals surface area (Å²) in [5.74, 6) is 1.75. The van der Waals surface area contributed by atoms with Crippen molar-refractivity contribution in [1.29, 1.82) is 0 Å². The zero-order valence-corrected chi connectivity index (χ0v) is 40.3. The van der Waals surface area contributed by atoms with Gasteiger partial charge in [-0.25, -0.2) is 4.98 Å². The molecule has 4 aromatic carbocycles. The second-order valence-electron chi connectivity index (χ2n) is 19.1. The molecule has 4 nitrogen and oxygen atoms in total. The number of hydrogen-bond donors (Lipinski definition) is 0. The van der Waals surface area contributed by atoms with Gasteiger partial charge in [0.25, 0.3) is 0 Å². The highest BCUT2D eigenvalue weighted by molar-refractivity contribution is 6.09. The molecule has 2 heterocycles. The first-order valence-electron chi connectivity index (χ1n) is 23.4. The minimum atomic E-state index is -0.625. The average molecular weight is 859 g/mol. The van der Waals surface area contributed by atoms with Crippen LogP contribution in [-0.4, -0.2) is 19.5 Å². The molecule has 0 amide bonds. The second kappa shape index (κ2) is 20.2. The normalized spacial score (nSPS) is 12.1. The van der Waals surface area contributed by atoms with E-state index in [0.717, 1.165) is 63.3 Å². The molecule has 0 bridgehead atoms. The molecular weight excluding hydrogens is 789 g/mol. The van der Waals surface area contributed by atoms with E-state index in [1.54, 1.807) is 0 Å². The van der Waals surface area contributed by atoms with E-state index in [2.05, 4.69) is 189 Å². The van der Waals surface area contributed by atoms with E-state index in [0.29, 0.717) is 17.6 Å². The smallest absolute Gasteiger partial charge is 0.238 e. The van der Waals surface area contributed by atoms with Crippen LogP contribution in [0, 0.1) is 0 Å². The first-order valence-corrected chi connectivity index (χ1v) is 23.4. The fourth-order valence-corrected chi connectivity index (χ4v) is 9.02. The van der Waals surface area contributed by atoms with Crippen LogP contribution in [0.5, 0.6) is 0 Å². The number of fused-ring (bicyclic) bond motifs is 3. The van der Waals surface area contributed by atoms with Crippen LogP contribution in [0.25, 0.3) is 50.5 Å².